The van der Waals surface area contributed by atoms with Crippen LogP contribution in [0, 0.1) is 13.8 Å². The average Bonchev–Trinajstić information content (AvgIpc) is 2.43. The van der Waals surface area contributed by atoms with Crippen LogP contribution in [0.15, 0.2) is 30.3 Å². The van der Waals surface area contributed by atoms with E-state index in [1.54, 1.807) is 6.92 Å². The lowest BCUT2D eigenvalue weighted by Gasteiger charge is -2.06. The van der Waals surface area contributed by atoms with E-state index in [2.05, 4.69) is 15.0 Å². The van der Waals surface area contributed by atoms with Gasteiger partial charge in [0.2, 0.25) is 0 Å². The minimum atomic E-state index is 0.377. The van der Waals surface area contributed by atoms with E-state index in [4.69, 9.17) is 23.2 Å². The predicted molar refractivity (Wildman–Crippen MR) is 82.3 cm³/mol. The zero-order valence-electron chi connectivity index (χ0n) is 11.0. The monoisotopic (exact) mass is 303 g/mol. The number of benzene rings is 1. The van der Waals surface area contributed by atoms with Gasteiger partial charge in [0.05, 0.1) is 5.52 Å². The zero-order valence-corrected chi connectivity index (χ0v) is 12.5. The Kier molecular flexibility index (Phi) is 3.32. The van der Waals surface area contributed by atoms with Crippen molar-refractivity contribution in [3.8, 4) is 11.4 Å². The van der Waals surface area contributed by atoms with Crippen molar-refractivity contribution < 1.29 is 0 Å². The van der Waals surface area contributed by atoms with Gasteiger partial charge < -0.3 is 0 Å². The molecule has 0 N–H and O–H groups in total. The van der Waals surface area contributed by atoms with Gasteiger partial charge in [0, 0.05) is 22.2 Å². The van der Waals surface area contributed by atoms with Gasteiger partial charge in [-0.1, -0.05) is 29.3 Å². The lowest BCUT2D eigenvalue weighted by Crippen LogP contribution is -1.94. The highest BCUT2D eigenvalue weighted by molar-refractivity contribution is 6.34. The van der Waals surface area contributed by atoms with Gasteiger partial charge in [0.25, 0.3) is 0 Å². The Bertz CT molecular complexity index is 792. The number of hydrogen-bond acceptors (Lipinski definition) is 3. The van der Waals surface area contributed by atoms with E-state index in [0.717, 1.165) is 22.2 Å². The number of pyridine rings is 1. The summed E-state index contributed by atoms with van der Waals surface area (Å²) in [6, 6.07) is 9.86. The maximum atomic E-state index is 6.06. The zero-order chi connectivity index (χ0) is 14.3. The lowest BCUT2D eigenvalue weighted by atomic mass is 10.1. The summed E-state index contributed by atoms with van der Waals surface area (Å²) in [6.07, 6.45) is 0. The molecule has 5 heteroatoms. The fourth-order valence-electron chi connectivity index (χ4n) is 1.96. The van der Waals surface area contributed by atoms with Crippen LogP contribution in [0.2, 0.25) is 10.3 Å². The standard InChI is InChI=1S/C15H11Cl2N3/c1-8-3-4-10-7-11(5-6-12(10)18-8)15-19-13(16)9(2)14(17)20-15/h3-7H,1-2H3. The van der Waals surface area contributed by atoms with Crippen molar-refractivity contribution >= 4 is 34.1 Å². The summed E-state index contributed by atoms with van der Waals surface area (Å²) < 4.78 is 0. The molecule has 20 heavy (non-hydrogen) atoms. The molecule has 100 valence electrons. The van der Waals surface area contributed by atoms with Gasteiger partial charge in [-0.25, -0.2) is 9.97 Å². The second kappa shape index (κ2) is 5.00. The SMILES string of the molecule is Cc1ccc2cc(-c3nc(Cl)c(C)c(Cl)n3)ccc2n1. The van der Waals surface area contributed by atoms with Crippen molar-refractivity contribution in [1.82, 2.24) is 15.0 Å². The Morgan fingerprint density at radius 1 is 0.850 bits per heavy atom. The number of rotatable bonds is 1. The summed E-state index contributed by atoms with van der Waals surface area (Å²) in [4.78, 5) is 13.0. The molecule has 0 radical (unpaired) electrons. The van der Waals surface area contributed by atoms with Gasteiger partial charge in [-0.05, 0) is 38.1 Å². The van der Waals surface area contributed by atoms with E-state index < -0.39 is 0 Å². The van der Waals surface area contributed by atoms with Crippen molar-refractivity contribution in [3.05, 3.63) is 51.9 Å². The van der Waals surface area contributed by atoms with Crippen LogP contribution in [0.4, 0.5) is 0 Å². The van der Waals surface area contributed by atoms with Crippen molar-refractivity contribution in [2.45, 2.75) is 13.8 Å². The van der Waals surface area contributed by atoms with Gasteiger partial charge in [-0.15, -0.1) is 0 Å². The van der Waals surface area contributed by atoms with Gasteiger partial charge in [0.15, 0.2) is 5.82 Å². The van der Waals surface area contributed by atoms with E-state index in [1.807, 2.05) is 37.3 Å². The lowest BCUT2D eigenvalue weighted by molar-refractivity contribution is 1.14. The molecule has 3 rings (SSSR count). The molecule has 0 saturated heterocycles. The van der Waals surface area contributed by atoms with E-state index in [-0.39, 0.29) is 0 Å². The molecule has 1 aromatic carbocycles. The Morgan fingerprint density at radius 2 is 1.55 bits per heavy atom. The van der Waals surface area contributed by atoms with Crippen molar-refractivity contribution in [3.63, 3.8) is 0 Å². The van der Waals surface area contributed by atoms with Crippen LogP contribution in [0.3, 0.4) is 0 Å². The second-order valence-corrected chi connectivity index (χ2v) is 5.33. The minimum absolute atomic E-state index is 0.377. The Balaban J connectivity index is 2.17. The van der Waals surface area contributed by atoms with Crippen LogP contribution in [-0.4, -0.2) is 15.0 Å². The van der Waals surface area contributed by atoms with E-state index >= 15 is 0 Å². The molecule has 0 aliphatic carbocycles. The second-order valence-electron chi connectivity index (χ2n) is 4.61. The van der Waals surface area contributed by atoms with Crippen LogP contribution in [0.1, 0.15) is 11.3 Å². The maximum Gasteiger partial charge on any atom is 0.162 e. The third-order valence-electron chi connectivity index (χ3n) is 3.11. The normalized spacial score (nSPS) is 11.0. The topological polar surface area (TPSA) is 38.7 Å². The van der Waals surface area contributed by atoms with Crippen molar-refractivity contribution in [2.75, 3.05) is 0 Å². The molecule has 0 aliphatic rings. The number of nitrogens with zero attached hydrogens (tertiary/aromatic N) is 3. The highest BCUT2D eigenvalue weighted by atomic mass is 35.5. The first-order valence-corrected chi connectivity index (χ1v) is 6.87. The first-order chi connectivity index (χ1) is 9.54. The molecular weight excluding hydrogens is 293 g/mol. The Labute approximate surface area is 126 Å². The molecule has 0 amide bonds. The Hall–Kier alpha value is -1.71. The smallest absolute Gasteiger partial charge is 0.162 e. The first-order valence-electron chi connectivity index (χ1n) is 6.12. The molecule has 0 spiro atoms. The largest absolute Gasteiger partial charge is 0.253 e. The van der Waals surface area contributed by atoms with Crippen LogP contribution in [0.5, 0.6) is 0 Å². The average molecular weight is 304 g/mol. The molecule has 0 unspecified atom stereocenters. The van der Waals surface area contributed by atoms with Crippen molar-refractivity contribution in [2.24, 2.45) is 0 Å². The maximum absolute atomic E-state index is 6.06. The third-order valence-corrected chi connectivity index (χ3v) is 3.85. The number of aryl methyl sites for hydroxylation is 1. The minimum Gasteiger partial charge on any atom is -0.253 e. The van der Waals surface area contributed by atoms with E-state index in [0.29, 0.717) is 21.7 Å². The van der Waals surface area contributed by atoms with Crippen molar-refractivity contribution in [1.29, 1.82) is 0 Å². The highest BCUT2D eigenvalue weighted by Crippen LogP contribution is 2.26. The molecule has 0 fully saturated rings. The molecule has 3 aromatic rings. The number of hydrogen-bond donors (Lipinski definition) is 0. The van der Waals surface area contributed by atoms with Crippen LogP contribution in [-0.2, 0) is 0 Å². The first kappa shape index (κ1) is 13.3. The molecular formula is C15H11Cl2N3. The molecule has 3 nitrogen and oxygen atoms in total. The van der Waals surface area contributed by atoms with Crippen LogP contribution >= 0.6 is 23.2 Å². The van der Waals surface area contributed by atoms with E-state index in [1.165, 1.54) is 0 Å². The fourth-order valence-corrected chi connectivity index (χ4v) is 2.35. The predicted octanol–water partition coefficient (Wildman–Crippen LogP) is 4.62. The van der Waals surface area contributed by atoms with Gasteiger partial charge in [-0.3, -0.25) is 4.98 Å². The summed E-state index contributed by atoms with van der Waals surface area (Å²) >= 11 is 12.1. The quantitative estimate of drug-likeness (QED) is 0.616. The molecule has 0 aliphatic heterocycles. The molecule has 2 heterocycles. The number of halogens is 2. The number of aromatic nitrogens is 3. The summed E-state index contributed by atoms with van der Waals surface area (Å²) in [5.41, 5.74) is 3.49. The highest BCUT2D eigenvalue weighted by Gasteiger charge is 2.10. The van der Waals surface area contributed by atoms with Crippen LogP contribution in [0.25, 0.3) is 22.3 Å². The summed E-state index contributed by atoms with van der Waals surface area (Å²) in [6.45, 7) is 3.76. The fraction of sp³-hybridized carbons (Fsp3) is 0.133. The third kappa shape index (κ3) is 2.35. The summed E-state index contributed by atoms with van der Waals surface area (Å²) in [7, 11) is 0. The molecule has 0 bridgehead atoms. The van der Waals surface area contributed by atoms with Crippen LogP contribution < -0.4 is 0 Å². The molecule has 0 saturated carbocycles. The summed E-state index contributed by atoms with van der Waals surface area (Å²) in [5.74, 6) is 0.521. The van der Waals surface area contributed by atoms with Gasteiger partial charge in [0.1, 0.15) is 10.3 Å². The Morgan fingerprint density at radius 3 is 2.25 bits per heavy atom. The number of fused-ring (bicyclic) bond motifs is 1. The summed E-state index contributed by atoms with van der Waals surface area (Å²) in [5, 5.41) is 1.79. The van der Waals surface area contributed by atoms with Gasteiger partial charge in [-0.2, -0.15) is 0 Å². The van der Waals surface area contributed by atoms with E-state index in [9.17, 15) is 0 Å². The van der Waals surface area contributed by atoms with Gasteiger partial charge >= 0.3 is 0 Å². The molecule has 0 atom stereocenters. The molecule has 2 aromatic heterocycles.